The predicted molar refractivity (Wildman–Crippen MR) is 146 cm³/mol. The van der Waals surface area contributed by atoms with Crippen LogP contribution in [0.1, 0.15) is 62.3 Å². The number of aryl methyl sites for hydroxylation is 1. The van der Waals surface area contributed by atoms with Gasteiger partial charge in [0.15, 0.2) is 11.5 Å². The quantitative estimate of drug-likeness (QED) is 0.170. The lowest BCUT2D eigenvalue weighted by Gasteiger charge is -2.26. The van der Waals surface area contributed by atoms with E-state index in [2.05, 4.69) is 6.92 Å². The molecule has 0 bridgehead atoms. The van der Waals surface area contributed by atoms with Gasteiger partial charge in [-0.15, -0.1) is 0 Å². The van der Waals surface area contributed by atoms with Gasteiger partial charge in [0.25, 0.3) is 11.7 Å². The SMILES string of the molecule is CCCCCOc1ccc(C2/C(=C(\O)c3ccc(C)cc3)C(=O)C(=O)N2CCCN(C)C)cc1OCC. The van der Waals surface area contributed by atoms with Gasteiger partial charge in [-0.25, -0.2) is 0 Å². The van der Waals surface area contributed by atoms with Crippen molar-refractivity contribution in [2.45, 2.75) is 52.5 Å². The van der Waals surface area contributed by atoms with Crippen molar-refractivity contribution in [3.05, 3.63) is 64.7 Å². The van der Waals surface area contributed by atoms with Gasteiger partial charge in [-0.3, -0.25) is 9.59 Å². The number of ether oxygens (including phenoxy) is 2. The highest BCUT2D eigenvalue weighted by atomic mass is 16.5. The summed E-state index contributed by atoms with van der Waals surface area (Å²) < 4.78 is 11.9. The van der Waals surface area contributed by atoms with Gasteiger partial charge in [0.05, 0.1) is 24.8 Å². The molecule has 2 aromatic rings. The van der Waals surface area contributed by atoms with Gasteiger partial charge >= 0.3 is 0 Å². The van der Waals surface area contributed by atoms with Crippen LogP contribution in [0.25, 0.3) is 5.76 Å². The molecule has 37 heavy (non-hydrogen) atoms. The molecule has 1 amide bonds. The molecule has 1 saturated heterocycles. The van der Waals surface area contributed by atoms with E-state index in [9.17, 15) is 14.7 Å². The molecule has 2 aromatic carbocycles. The van der Waals surface area contributed by atoms with Crippen LogP contribution in [0.15, 0.2) is 48.0 Å². The Kier molecular flexibility index (Phi) is 10.1. The van der Waals surface area contributed by atoms with Gasteiger partial charge in [0.2, 0.25) is 0 Å². The number of ketones is 1. The predicted octanol–water partition coefficient (Wildman–Crippen LogP) is 5.34. The first-order valence-electron chi connectivity index (χ1n) is 13.2. The molecule has 1 fully saturated rings. The van der Waals surface area contributed by atoms with Gasteiger partial charge in [0, 0.05) is 12.1 Å². The van der Waals surface area contributed by atoms with Gasteiger partial charge < -0.3 is 24.4 Å². The van der Waals surface area contributed by atoms with E-state index in [1.807, 2.05) is 63.2 Å². The Balaban J connectivity index is 2.06. The maximum Gasteiger partial charge on any atom is 0.295 e. The summed E-state index contributed by atoms with van der Waals surface area (Å²) >= 11 is 0. The van der Waals surface area contributed by atoms with Crippen molar-refractivity contribution in [1.29, 1.82) is 0 Å². The average Bonchev–Trinajstić information content (AvgIpc) is 3.12. The molecule has 1 unspecified atom stereocenters. The molecular formula is C30H40N2O5. The van der Waals surface area contributed by atoms with Crippen LogP contribution in [0.3, 0.4) is 0 Å². The summed E-state index contributed by atoms with van der Waals surface area (Å²) in [6, 6.07) is 12.1. The van der Waals surface area contributed by atoms with Crippen LogP contribution in [-0.2, 0) is 9.59 Å². The molecule has 1 atom stereocenters. The molecule has 0 aliphatic carbocycles. The number of rotatable bonds is 13. The lowest BCUT2D eigenvalue weighted by molar-refractivity contribution is -0.139. The number of hydrogen-bond donors (Lipinski definition) is 1. The molecule has 0 radical (unpaired) electrons. The summed E-state index contributed by atoms with van der Waals surface area (Å²) in [5, 5.41) is 11.3. The lowest BCUT2D eigenvalue weighted by Crippen LogP contribution is -2.32. The Bertz CT molecular complexity index is 1110. The van der Waals surface area contributed by atoms with Crippen LogP contribution >= 0.6 is 0 Å². The van der Waals surface area contributed by atoms with Gasteiger partial charge in [0.1, 0.15) is 5.76 Å². The van der Waals surface area contributed by atoms with Crippen LogP contribution < -0.4 is 9.47 Å². The minimum Gasteiger partial charge on any atom is -0.507 e. The van der Waals surface area contributed by atoms with E-state index >= 15 is 0 Å². The fourth-order valence-corrected chi connectivity index (χ4v) is 4.50. The second kappa shape index (κ2) is 13.3. The van der Waals surface area contributed by atoms with E-state index in [4.69, 9.17) is 9.47 Å². The minimum absolute atomic E-state index is 0.0952. The van der Waals surface area contributed by atoms with Crippen molar-refractivity contribution in [2.75, 3.05) is 40.4 Å². The molecule has 0 aromatic heterocycles. The fraction of sp³-hybridized carbons (Fsp3) is 0.467. The Morgan fingerprint density at radius 3 is 2.35 bits per heavy atom. The molecule has 3 rings (SSSR count). The standard InChI is InChI=1S/C30H40N2O5/c1-6-8-9-19-37-24-16-15-23(20-25(24)36-7-2)27-26(28(33)22-13-11-21(3)12-14-22)29(34)30(35)32(27)18-10-17-31(4)5/h11-16,20,27,33H,6-10,17-19H2,1-5H3/b28-26+. The molecule has 1 aliphatic heterocycles. The Morgan fingerprint density at radius 1 is 0.973 bits per heavy atom. The number of carbonyl (C=O) groups excluding carboxylic acids is 2. The maximum absolute atomic E-state index is 13.3. The van der Waals surface area contributed by atoms with Crippen molar-refractivity contribution in [3.63, 3.8) is 0 Å². The summed E-state index contributed by atoms with van der Waals surface area (Å²) in [5.41, 5.74) is 2.33. The first kappa shape index (κ1) is 28.3. The van der Waals surface area contributed by atoms with Crippen molar-refractivity contribution in [2.24, 2.45) is 0 Å². The highest BCUT2D eigenvalue weighted by Gasteiger charge is 2.46. The third kappa shape index (κ3) is 6.92. The zero-order valence-electron chi connectivity index (χ0n) is 22.8. The zero-order valence-corrected chi connectivity index (χ0v) is 22.8. The molecule has 1 aliphatic rings. The molecule has 7 nitrogen and oxygen atoms in total. The van der Waals surface area contributed by atoms with Crippen molar-refractivity contribution in [1.82, 2.24) is 9.80 Å². The van der Waals surface area contributed by atoms with E-state index < -0.39 is 17.7 Å². The molecule has 200 valence electrons. The van der Waals surface area contributed by atoms with Crippen LogP contribution in [0.2, 0.25) is 0 Å². The number of nitrogens with zero attached hydrogens (tertiary/aromatic N) is 2. The third-order valence-electron chi connectivity index (χ3n) is 6.46. The summed E-state index contributed by atoms with van der Waals surface area (Å²) in [4.78, 5) is 30.1. The zero-order chi connectivity index (χ0) is 26.9. The Hall–Kier alpha value is -3.32. The second-order valence-electron chi connectivity index (χ2n) is 9.71. The number of aliphatic hydroxyl groups excluding tert-OH is 1. The smallest absolute Gasteiger partial charge is 0.295 e. The number of aliphatic hydroxyl groups is 1. The first-order chi connectivity index (χ1) is 17.8. The van der Waals surface area contributed by atoms with Crippen molar-refractivity contribution < 1.29 is 24.2 Å². The summed E-state index contributed by atoms with van der Waals surface area (Å²) in [5.74, 6) is -0.257. The number of carbonyl (C=O) groups is 2. The minimum atomic E-state index is -0.725. The number of benzene rings is 2. The molecule has 0 spiro atoms. The second-order valence-corrected chi connectivity index (χ2v) is 9.71. The summed E-state index contributed by atoms with van der Waals surface area (Å²) in [6.07, 6.45) is 3.83. The normalized spacial score (nSPS) is 17.0. The number of unbranched alkanes of at least 4 members (excludes halogenated alkanes) is 2. The van der Waals surface area contributed by atoms with Gasteiger partial charge in [-0.1, -0.05) is 55.7 Å². The number of hydrogen-bond acceptors (Lipinski definition) is 6. The third-order valence-corrected chi connectivity index (χ3v) is 6.46. The van der Waals surface area contributed by atoms with Crippen LogP contribution in [0.4, 0.5) is 0 Å². The van der Waals surface area contributed by atoms with Crippen LogP contribution in [0, 0.1) is 6.92 Å². The highest BCUT2D eigenvalue weighted by Crippen LogP contribution is 2.42. The van der Waals surface area contributed by atoms with E-state index in [1.54, 1.807) is 17.0 Å². The average molecular weight is 509 g/mol. The monoisotopic (exact) mass is 508 g/mol. The van der Waals surface area contributed by atoms with Crippen molar-refractivity contribution >= 4 is 17.4 Å². The molecule has 1 heterocycles. The molecule has 7 heteroatoms. The summed E-state index contributed by atoms with van der Waals surface area (Å²) in [7, 11) is 3.94. The lowest BCUT2D eigenvalue weighted by atomic mass is 9.94. The van der Waals surface area contributed by atoms with Crippen molar-refractivity contribution in [3.8, 4) is 11.5 Å². The number of Topliss-reactive ketones (excluding diaryl/α,β-unsaturated/α-hetero) is 1. The largest absolute Gasteiger partial charge is 0.507 e. The van der Waals surface area contributed by atoms with Gasteiger partial charge in [-0.05, 0) is 65.0 Å². The Labute approximate surface area is 220 Å². The summed E-state index contributed by atoms with van der Waals surface area (Å²) in [6.45, 7) is 8.18. The fourth-order valence-electron chi connectivity index (χ4n) is 4.50. The number of amides is 1. The van der Waals surface area contributed by atoms with Crippen LogP contribution in [0.5, 0.6) is 11.5 Å². The van der Waals surface area contributed by atoms with E-state index in [1.165, 1.54) is 0 Å². The van der Waals surface area contributed by atoms with E-state index in [0.29, 0.717) is 48.8 Å². The molecule has 1 N–H and O–H groups in total. The van der Waals surface area contributed by atoms with E-state index in [0.717, 1.165) is 31.4 Å². The molecular weight excluding hydrogens is 468 g/mol. The van der Waals surface area contributed by atoms with E-state index in [-0.39, 0.29) is 11.3 Å². The van der Waals surface area contributed by atoms with Gasteiger partial charge in [-0.2, -0.15) is 0 Å². The number of likely N-dealkylation sites (tertiary alicyclic amines) is 1. The first-order valence-corrected chi connectivity index (χ1v) is 13.2. The molecule has 0 saturated carbocycles. The van der Waals surface area contributed by atoms with Crippen LogP contribution in [-0.4, -0.2) is 67.0 Å². The Morgan fingerprint density at radius 2 is 1.70 bits per heavy atom. The maximum atomic E-state index is 13.3. The topological polar surface area (TPSA) is 79.3 Å². The highest BCUT2D eigenvalue weighted by molar-refractivity contribution is 6.46.